The number of carbonyl (C=O) groups excluding carboxylic acids is 1. The first-order valence-electron chi connectivity index (χ1n) is 8.86. The van der Waals surface area contributed by atoms with Gasteiger partial charge in [0.2, 0.25) is 6.41 Å². The summed E-state index contributed by atoms with van der Waals surface area (Å²) >= 11 is -2.00. The molecule has 0 saturated carbocycles. The van der Waals surface area contributed by atoms with Gasteiger partial charge in [0.1, 0.15) is 0 Å². The SMILES string of the molecule is O=CNCc1cccc(-c2ccc(Nc3ccc(S(=O)O)cc3)c3nccn23)c1. The molecule has 3 N–H and O–H groups in total. The van der Waals surface area contributed by atoms with Crippen LogP contribution in [0.1, 0.15) is 5.56 Å². The van der Waals surface area contributed by atoms with Gasteiger partial charge in [-0.1, -0.05) is 18.2 Å². The molecule has 4 aromatic rings. The van der Waals surface area contributed by atoms with Crippen molar-refractivity contribution in [1.82, 2.24) is 14.7 Å². The van der Waals surface area contributed by atoms with Gasteiger partial charge in [-0.15, -0.1) is 0 Å². The molecule has 146 valence electrons. The Hall–Kier alpha value is -3.49. The van der Waals surface area contributed by atoms with Crippen molar-refractivity contribution in [3.63, 3.8) is 0 Å². The maximum absolute atomic E-state index is 11.1. The highest BCUT2D eigenvalue weighted by atomic mass is 32.2. The zero-order chi connectivity index (χ0) is 20.2. The fraction of sp³-hybridized carbons (Fsp3) is 0.0476. The Labute approximate surface area is 169 Å². The number of imidazole rings is 1. The summed E-state index contributed by atoms with van der Waals surface area (Å²) in [6, 6.07) is 18.6. The number of carbonyl (C=O) groups is 1. The van der Waals surface area contributed by atoms with Gasteiger partial charge >= 0.3 is 0 Å². The summed E-state index contributed by atoms with van der Waals surface area (Å²) in [5.74, 6) is 0. The predicted octanol–water partition coefficient (Wildman–Crippen LogP) is 3.57. The van der Waals surface area contributed by atoms with Gasteiger partial charge in [0, 0.05) is 24.6 Å². The van der Waals surface area contributed by atoms with Gasteiger partial charge in [-0.2, -0.15) is 0 Å². The Morgan fingerprint density at radius 3 is 2.69 bits per heavy atom. The van der Waals surface area contributed by atoms with E-state index in [4.69, 9.17) is 4.55 Å². The van der Waals surface area contributed by atoms with Crippen LogP contribution in [0.2, 0.25) is 0 Å². The molecule has 0 radical (unpaired) electrons. The lowest BCUT2D eigenvalue weighted by atomic mass is 10.1. The van der Waals surface area contributed by atoms with E-state index in [9.17, 15) is 9.00 Å². The highest BCUT2D eigenvalue weighted by molar-refractivity contribution is 7.79. The lowest BCUT2D eigenvalue weighted by molar-refractivity contribution is -0.109. The Morgan fingerprint density at radius 1 is 1.10 bits per heavy atom. The summed E-state index contributed by atoms with van der Waals surface area (Å²) in [5.41, 5.74) is 5.36. The van der Waals surface area contributed by atoms with E-state index < -0.39 is 11.1 Å². The van der Waals surface area contributed by atoms with Gasteiger partial charge in [-0.3, -0.25) is 9.20 Å². The highest BCUT2D eigenvalue weighted by Gasteiger charge is 2.10. The molecular formula is C21H18N4O3S. The number of nitrogens with one attached hydrogen (secondary N) is 2. The second-order valence-corrected chi connectivity index (χ2v) is 7.32. The molecule has 7 nitrogen and oxygen atoms in total. The molecule has 0 aliphatic heterocycles. The van der Waals surface area contributed by atoms with Gasteiger partial charge in [0.15, 0.2) is 16.7 Å². The first kappa shape index (κ1) is 18.9. The fourth-order valence-corrected chi connectivity index (χ4v) is 3.53. The van der Waals surface area contributed by atoms with Gasteiger partial charge in [0.25, 0.3) is 0 Å². The molecule has 0 spiro atoms. The fourth-order valence-electron chi connectivity index (χ4n) is 3.16. The number of hydrogen-bond acceptors (Lipinski definition) is 4. The number of rotatable bonds is 7. The summed E-state index contributed by atoms with van der Waals surface area (Å²) in [5, 5.41) is 5.98. The van der Waals surface area contributed by atoms with Crippen LogP contribution in [-0.2, 0) is 22.4 Å². The number of hydrogen-bond donors (Lipinski definition) is 3. The molecular weight excluding hydrogens is 388 g/mol. The summed E-state index contributed by atoms with van der Waals surface area (Å²) in [7, 11) is 0. The van der Waals surface area contributed by atoms with Crippen molar-refractivity contribution in [3.8, 4) is 11.3 Å². The van der Waals surface area contributed by atoms with Crippen LogP contribution in [0.4, 0.5) is 11.4 Å². The zero-order valence-electron chi connectivity index (χ0n) is 15.3. The maximum Gasteiger partial charge on any atom is 0.207 e. The van der Waals surface area contributed by atoms with Crippen molar-refractivity contribution in [1.29, 1.82) is 0 Å². The molecule has 0 aliphatic carbocycles. The van der Waals surface area contributed by atoms with Gasteiger partial charge in [-0.25, -0.2) is 9.19 Å². The van der Waals surface area contributed by atoms with Crippen LogP contribution in [0.5, 0.6) is 0 Å². The van der Waals surface area contributed by atoms with Crippen LogP contribution in [-0.4, -0.2) is 24.6 Å². The summed E-state index contributed by atoms with van der Waals surface area (Å²) < 4.78 is 22.3. The first-order chi connectivity index (χ1) is 14.2. The number of amides is 1. The standard InChI is InChI=1S/C21H18N4O3S/c26-14-22-13-15-2-1-3-16(12-15)20-9-8-19(21-23-10-11-25(20)21)24-17-4-6-18(7-5-17)29(27)28/h1-12,14,24H,13H2,(H,22,26)(H,27,28). The van der Waals surface area contributed by atoms with Crippen LogP contribution >= 0.6 is 0 Å². The lowest BCUT2D eigenvalue weighted by Crippen LogP contribution is -2.09. The first-order valence-corrected chi connectivity index (χ1v) is 9.97. The molecule has 1 atom stereocenters. The lowest BCUT2D eigenvalue weighted by Gasteiger charge is -2.12. The van der Waals surface area contributed by atoms with Crippen LogP contribution in [0, 0.1) is 0 Å². The molecule has 8 heteroatoms. The third-order valence-electron chi connectivity index (χ3n) is 4.50. The minimum atomic E-state index is -2.00. The highest BCUT2D eigenvalue weighted by Crippen LogP contribution is 2.28. The summed E-state index contributed by atoms with van der Waals surface area (Å²) in [4.78, 5) is 15.4. The second-order valence-electron chi connectivity index (χ2n) is 6.35. The Kier molecular flexibility index (Phi) is 5.37. The molecule has 0 aliphatic rings. The third-order valence-corrected chi connectivity index (χ3v) is 5.17. The summed E-state index contributed by atoms with van der Waals surface area (Å²) in [6.45, 7) is 0.471. The number of pyridine rings is 1. The van der Waals surface area contributed by atoms with E-state index in [0.29, 0.717) is 17.9 Å². The van der Waals surface area contributed by atoms with Gasteiger partial charge < -0.3 is 15.2 Å². The predicted molar refractivity (Wildman–Crippen MR) is 112 cm³/mol. The minimum absolute atomic E-state index is 0.348. The van der Waals surface area contributed by atoms with E-state index in [1.54, 1.807) is 30.5 Å². The molecule has 2 aromatic heterocycles. The Morgan fingerprint density at radius 2 is 1.93 bits per heavy atom. The number of anilines is 2. The average molecular weight is 406 g/mol. The van der Waals surface area contributed by atoms with Crippen LogP contribution < -0.4 is 10.6 Å². The van der Waals surface area contributed by atoms with E-state index in [1.807, 2.05) is 47.0 Å². The molecule has 29 heavy (non-hydrogen) atoms. The maximum atomic E-state index is 11.1. The molecule has 0 fully saturated rings. The van der Waals surface area contributed by atoms with Crippen LogP contribution in [0.25, 0.3) is 16.9 Å². The van der Waals surface area contributed by atoms with E-state index in [0.717, 1.165) is 33.8 Å². The second kappa shape index (κ2) is 8.26. The van der Waals surface area contributed by atoms with Gasteiger partial charge in [-0.05, 0) is 53.6 Å². The monoisotopic (exact) mass is 406 g/mol. The number of benzene rings is 2. The Balaban J connectivity index is 1.67. The smallest absolute Gasteiger partial charge is 0.207 e. The van der Waals surface area contributed by atoms with Crippen molar-refractivity contribution < 1.29 is 13.6 Å². The van der Waals surface area contributed by atoms with E-state index in [2.05, 4.69) is 15.6 Å². The van der Waals surface area contributed by atoms with Crippen LogP contribution in [0.3, 0.4) is 0 Å². The van der Waals surface area contributed by atoms with Crippen molar-refractivity contribution >= 4 is 34.5 Å². The molecule has 0 bridgehead atoms. The molecule has 2 aromatic carbocycles. The van der Waals surface area contributed by atoms with E-state index >= 15 is 0 Å². The van der Waals surface area contributed by atoms with Gasteiger partial charge in [0.05, 0.1) is 16.3 Å². The minimum Gasteiger partial charge on any atom is -0.355 e. The molecule has 2 heterocycles. The van der Waals surface area contributed by atoms with Crippen molar-refractivity contribution in [2.75, 3.05) is 5.32 Å². The van der Waals surface area contributed by atoms with E-state index in [1.165, 1.54) is 0 Å². The quantitative estimate of drug-likeness (QED) is 0.322. The largest absolute Gasteiger partial charge is 0.355 e. The number of nitrogens with zero attached hydrogens (tertiary/aromatic N) is 2. The number of fused-ring (bicyclic) bond motifs is 1. The topological polar surface area (TPSA) is 95.7 Å². The van der Waals surface area contributed by atoms with E-state index in [-0.39, 0.29) is 0 Å². The Bertz CT molecular complexity index is 1190. The van der Waals surface area contributed by atoms with Crippen molar-refractivity contribution in [3.05, 3.63) is 78.6 Å². The van der Waals surface area contributed by atoms with Crippen molar-refractivity contribution in [2.45, 2.75) is 11.4 Å². The molecule has 4 rings (SSSR count). The van der Waals surface area contributed by atoms with Crippen LogP contribution in [0.15, 0.2) is 78.0 Å². The molecule has 1 amide bonds. The average Bonchev–Trinajstić information content (AvgIpc) is 3.23. The molecule has 1 unspecified atom stereocenters. The van der Waals surface area contributed by atoms with Crippen molar-refractivity contribution in [2.24, 2.45) is 0 Å². The zero-order valence-corrected chi connectivity index (χ0v) is 16.1. The third kappa shape index (κ3) is 4.03. The normalized spacial score (nSPS) is 11.9. The summed E-state index contributed by atoms with van der Waals surface area (Å²) in [6.07, 6.45) is 4.32. The number of aromatic nitrogens is 2. The molecule has 0 saturated heterocycles.